The first-order chi connectivity index (χ1) is 14.3. The summed E-state index contributed by atoms with van der Waals surface area (Å²) in [6, 6.07) is 16.1. The monoisotopic (exact) mass is 417 g/mol. The molecule has 1 aromatic heterocycles. The van der Waals surface area contributed by atoms with Crippen molar-refractivity contribution in [2.45, 2.75) is 32.7 Å². The molecule has 5 nitrogen and oxygen atoms in total. The van der Waals surface area contributed by atoms with Crippen LogP contribution in [0.25, 0.3) is 0 Å². The summed E-state index contributed by atoms with van der Waals surface area (Å²) in [6.07, 6.45) is -3.97. The molecule has 0 radical (unpaired) electrons. The molecular weight excluding hydrogens is 395 g/mol. The molecule has 3 aromatic rings. The molecule has 0 bridgehead atoms. The Morgan fingerprint density at radius 2 is 1.67 bits per heavy atom. The summed E-state index contributed by atoms with van der Waals surface area (Å²) in [4.78, 5) is 9.55. The highest BCUT2D eigenvalue weighted by Crippen LogP contribution is 2.37. The first-order valence-corrected chi connectivity index (χ1v) is 9.36. The van der Waals surface area contributed by atoms with Gasteiger partial charge in [0.25, 0.3) is 0 Å². The Kier molecular flexibility index (Phi) is 6.44. The van der Waals surface area contributed by atoms with Gasteiger partial charge in [0.15, 0.2) is 0 Å². The first-order valence-electron chi connectivity index (χ1n) is 9.36. The fraction of sp³-hybridized carbons (Fsp3) is 0.273. The highest BCUT2D eigenvalue weighted by molar-refractivity contribution is 5.65. The smallest absolute Gasteiger partial charge is 0.423 e. The van der Waals surface area contributed by atoms with Crippen LogP contribution in [0.3, 0.4) is 0 Å². The number of aromatic nitrogens is 2. The number of benzene rings is 2. The summed E-state index contributed by atoms with van der Waals surface area (Å²) in [6.45, 7) is 3.74. The summed E-state index contributed by atoms with van der Waals surface area (Å²) in [7, 11) is 1.66. The zero-order chi connectivity index (χ0) is 21.7. The van der Waals surface area contributed by atoms with E-state index in [2.05, 4.69) is 9.97 Å². The Labute approximate surface area is 173 Å². The minimum atomic E-state index is -4.64. The van der Waals surface area contributed by atoms with Gasteiger partial charge in [-0.15, -0.1) is 0 Å². The Bertz CT molecular complexity index is 979. The molecule has 0 unspecified atom stereocenters. The molecular formula is C22H22F3N3O2. The van der Waals surface area contributed by atoms with E-state index in [-0.39, 0.29) is 18.7 Å². The minimum absolute atomic E-state index is 0.0445. The Morgan fingerprint density at radius 3 is 2.33 bits per heavy atom. The molecule has 0 amide bonds. The van der Waals surface area contributed by atoms with Crippen LogP contribution in [0.4, 0.5) is 24.8 Å². The van der Waals surface area contributed by atoms with E-state index in [9.17, 15) is 13.2 Å². The standard InChI is InChI=1S/C22H22F3N3O2/c1-15(2)30-19-12-8-7-11-18(19)28(3)21-26-13-17(22(23,24)25)20(27-21)29-14-16-9-5-4-6-10-16/h4-13,15H,14H2,1-3H3. The van der Waals surface area contributed by atoms with Gasteiger partial charge in [0, 0.05) is 13.2 Å². The van der Waals surface area contributed by atoms with Gasteiger partial charge in [0.2, 0.25) is 11.8 Å². The molecule has 30 heavy (non-hydrogen) atoms. The second kappa shape index (κ2) is 9.02. The summed E-state index contributed by atoms with van der Waals surface area (Å²) in [5.74, 6) is 0.113. The average Bonchev–Trinajstić information content (AvgIpc) is 2.71. The second-order valence-corrected chi connectivity index (χ2v) is 6.85. The van der Waals surface area contributed by atoms with Crippen molar-refractivity contribution in [1.29, 1.82) is 0 Å². The molecule has 0 saturated carbocycles. The number of ether oxygens (including phenoxy) is 2. The maximum absolute atomic E-state index is 13.4. The van der Waals surface area contributed by atoms with E-state index >= 15 is 0 Å². The van der Waals surface area contributed by atoms with Crippen molar-refractivity contribution < 1.29 is 22.6 Å². The van der Waals surface area contributed by atoms with E-state index in [0.717, 1.165) is 11.8 Å². The van der Waals surface area contributed by atoms with Crippen LogP contribution in [0.5, 0.6) is 11.6 Å². The van der Waals surface area contributed by atoms with Crippen molar-refractivity contribution in [1.82, 2.24) is 9.97 Å². The largest absolute Gasteiger partial charge is 0.489 e. The Balaban J connectivity index is 1.94. The number of anilines is 2. The molecule has 0 aliphatic rings. The van der Waals surface area contributed by atoms with E-state index in [1.165, 1.54) is 0 Å². The minimum Gasteiger partial charge on any atom is -0.489 e. The van der Waals surface area contributed by atoms with Gasteiger partial charge in [0.05, 0.1) is 11.8 Å². The van der Waals surface area contributed by atoms with Crippen LogP contribution in [0.1, 0.15) is 25.0 Å². The van der Waals surface area contributed by atoms with Gasteiger partial charge in [-0.3, -0.25) is 0 Å². The molecule has 0 N–H and O–H groups in total. The Morgan fingerprint density at radius 1 is 1.00 bits per heavy atom. The van der Waals surface area contributed by atoms with Crippen LogP contribution in [0, 0.1) is 0 Å². The quantitative estimate of drug-likeness (QED) is 0.499. The molecule has 158 valence electrons. The van der Waals surface area contributed by atoms with Crippen LogP contribution >= 0.6 is 0 Å². The summed E-state index contributed by atoms with van der Waals surface area (Å²) >= 11 is 0. The Hall–Kier alpha value is -3.29. The third-order valence-electron chi connectivity index (χ3n) is 4.15. The molecule has 2 aromatic carbocycles. The van der Waals surface area contributed by atoms with E-state index in [1.807, 2.05) is 26.0 Å². The van der Waals surface area contributed by atoms with Crippen molar-refractivity contribution in [2.75, 3.05) is 11.9 Å². The van der Waals surface area contributed by atoms with Gasteiger partial charge in [-0.1, -0.05) is 42.5 Å². The molecule has 0 atom stereocenters. The molecule has 0 spiro atoms. The molecule has 1 heterocycles. The fourth-order valence-electron chi connectivity index (χ4n) is 2.75. The average molecular weight is 417 g/mol. The zero-order valence-electron chi connectivity index (χ0n) is 16.8. The van der Waals surface area contributed by atoms with Gasteiger partial charge in [-0.05, 0) is 31.5 Å². The normalized spacial score (nSPS) is 11.4. The number of para-hydroxylation sites is 2. The van der Waals surface area contributed by atoms with Crippen LogP contribution in [0.15, 0.2) is 60.8 Å². The number of hydrogen-bond donors (Lipinski definition) is 0. The van der Waals surface area contributed by atoms with E-state index in [1.54, 1.807) is 54.4 Å². The highest BCUT2D eigenvalue weighted by atomic mass is 19.4. The van der Waals surface area contributed by atoms with Gasteiger partial charge >= 0.3 is 6.18 Å². The van der Waals surface area contributed by atoms with Crippen LogP contribution in [-0.2, 0) is 12.8 Å². The van der Waals surface area contributed by atoms with Gasteiger partial charge in [-0.2, -0.15) is 18.2 Å². The lowest BCUT2D eigenvalue weighted by molar-refractivity contribution is -0.139. The predicted octanol–water partition coefficient (Wildman–Crippen LogP) is 5.63. The molecule has 0 fully saturated rings. The molecule has 0 aliphatic carbocycles. The lowest BCUT2D eigenvalue weighted by atomic mass is 10.2. The second-order valence-electron chi connectivity index (χ2n) is 6.85. The zero-order valence-corrected chi connectivity index (χ0v) is 16.8. The summed E-state index contributed by atoms with van der Waals surface area (Å²) < 4.78 is 51.6. The van der Waals surface area contributed by atoms with Crippen molar-refractivity contribution in [2.24, 2.45) is 0 Å². The maximum Gasteiger partial charge on any atom is 0.423 e. The number of hydrogen-bond acceptors (Lipinski definition) is 5. The fourth-order valence-corrected chi connectivity index (χ4v) is 2.75. The molecule has 0 saturated heterocycles. The third-order valence-corrected chi connectivity index (χ3v) is 4.15. The molecule has 0 aliphatic heterocycles. The first kappa shape index (κ1) is 21.4. The van der Waals surface area contributed by atoms with E-state index < -0.39 is 17.6 Å². The molecule has 3 rings (SSSR count). The topological polar surface area (TPSA) is 47.5 Å². The predicted molar refractivity (Wildman–Crippen MR) is 108 cm³/mol. The number of halogens is 3. The van der Waals surface area contributed by atoms with E-state index in [4.69, 9.17) is 9.47 Å². The molecule has 8 heteroatoms. The summed E-state index contributed by atoms with van der Waals surface area (Å²) in [5.41, 5.74) is 0.331. The lowest BCUT2D eigenvalue weighted by Crippen LogP contribution is -2.18. The SMILES string of the molecule is CC(C)Oc1ccccc1N(C)c1ncc(C(F)(F)F)c(OCc2ccccc2)n1. The number of alkyl halides is 3. The van der Waals surface area contributed by atoms with Gasteiger partial charge in [0.1, 0.15) is 17.9 Å². The van der Waals surface area contributed by atoms with Crippen molar-refractivity contribution in [3.05, 3.63) is 71.9 Å². The van der Waals surface area contributed by atoms with Gasteiger partial charge < -0.3 is 14.4 Å². The van der Waals surface area contributed by atoms with Crippen LogP contribution < -0.4 is 14.4 Å². The maximum atomic E-state index is 13.4. The lowest BCUT2D eigenvalue weighted by Gasteiger charge is -2.23. The number of rotatable bonds is 7. The van der Waals surface area contributed by atoms with Crippen molar-refractivity contribution in [3.8, 4) is 11.6 Å². The van der Waals surface area contributed by atoms with E-state index in [0.29, 0.717) is 11.4 Å². The van der Waals surface area contributed by atoms with Crippen LogP contribution in [0.2, 0.25) is 0 Å². The number of nitrogens with zero attached hydrogens (tertiary/aromatic N) is 3. The van der Waals surface area contributed by atoms with Gasteiger partial charge in [-0.25, -0.2) is 4.98 Å². The summed E-state index contributed by atoms with van der Waals surface area (Å²) in [5, 5.41) is 0. The van der Waals surface area contributed by atoms with Crippen molar-refractivity contribution >= 4 is 11.6 Å². The third kappa shape index (κ3) is 5.20. The van der Waals surface area contributed by atoms with Crippen LogP contribution in [-0.4, -0.2) is 23.1 Å². The van der Waals surface area contributed by atoms with Crippen molar-refractivity contribution in [3.63, 3.8) is 0 Å². The highest BCUT2D eigenvalue weighted by Gasteiger charge is 2.36.